The number of amides is 1. The predicted octanol–water partition coefficient (Wildman–Crippen LogP) is 1.94. The summed E-state index contributed by atoms with van der Waals surface area (Å²) in [5.41, 5.74) is 1.70. The number of pyridine rings is 1. The van der Waals surface area contributed by atoms with Crippen LogP contribution in [0.25, 0.3) is 0 Å². The highest BCUT2D eigenvalue weighted by atomic mass is 35.5. The van der Waals surface area contributed by atoms with Crippen molar-refractivity contribution in [2.45, 2.75) is 13.5 Å². The van der Waals surface area contributed by atoms with Gasteiger partial charge in [0.2, 0.25) is 6.79 Å². The van der Waals surface area contributed by atoms with E-state index >= 15 is 0 Å². The van der Waals surface area contributed by atoms with Crippen molar-refractivity contribution < 1.29 is 19.0 Å². The van der Waals surface area contributed by atoms with Gasteiger partial charge in [-0.1, -0.05) is 17.7 Å². The minimum Gasteiger partial charge on any atom is -0.619 e. The number of hydrogen-bond donors (Lipinski definition) is 1. The van der Waals surface area contributed by atoms with E-state index in [-0.39, 0.29) is 17.7 Å². The van der Waals surface area contributed by atoms with Crippen molar-refractivity contribution in [1.82, 2.24) is 5.32 Å². The highest BCUT2D eigenvalue weighted by Gasteiger charge is 2.18. The topological polar surface area (TPSA) is 74.5 Å². The SMILES string of the molecule is Cc1c[n+]([O-])cc(Cl)c1C(=O)NCc1ccc2c(c1)OCO2. The summed E-state index contributed by atoms with van der Waals surface area (Å²) < 4.78 is 11.1. The Balaban J connectivity index is 1.73. The van der Waals surface area contributed by atoms with Crippen LogP contribution in [0, 0.1) is 12.1 Å². The van der Waals surface area contributed by atoms with E-state index in [9.17, 15) is 10.0 Å². The van der Waals surface area contributed by atoms with Crippen molar-refractivity contribution in [3.63, 3.8) is 0 Å². The van der Waals surface area contributed by atoms with Crippen LogP contribution in [0.2, 0.25) is 5.02 Å². The molecule has 0 saturated carbocycles. The van der Waals surface area contributed by atoms with E-state index in [0.717, 1.165) is 11.8 Å². The first kappa shape index (κ1) is 14.5. The zero-order valence-electron chi connectivity index (χ0n) is 11.8. The zero-order valence-corrected chi connectivity index (χ0v) is 12.5. The molecule has 0 atom stereocenters. The number of nitrogens with one attached hydrogen (secondary N) is 1. The normalized spacial score (nSPS) is 12.3. The summed E-state index contributed by atoms with van der Waals surface area (Å²) >= 11 is 5.97. The van der Waals surface area contributed by atoms with Gasteiger partial charge in [0.1, 0.15) is 5.02 Å². The predicted molar refractivity (Wildman–Crippen MR) is 78.9 cm³/mol. The van der Waals surface area contributed by atoms with Gasteiger partial charge in [0.25, 0.3) is 5.91 Å². The van der Waals surface area contributed by atoms with Gasteiger partial charge in [0, 0.05) is 12.1 Å². The Morgan fingerprint density at radius 2 is 2.14 bits per heavy atom. The molecule has 2 heterocycles. The largest absolute Gasteiger partial charge is 0.619 e. The quantitative estimate of drug-likeness (QED) is 0.693. The smallest absolute Gasteiger partial charge is 0.253 e. The number of hydrogen-bond acceptors (Lipinski definition) is 4. The summed E-state index contributed by atoms with van der Waals surface area (Å²) in [6, 6.07) is 5.46. The maximum atomic E-state index is 12.2. The number of aryl methyl sites for hydroxylation is 1. The lowest BCUT2D eigenvalue weighted by Gasteiger charge is -2.09. The monoisotopic (exact) mass is 320 g/mol. The molecule has 0 bridgehead atoms. The van der Waals surface area contributed by atoms with E-state index in [2.05, 4.69) is 5.32 Å². The van der Waals surface area contributed by atoms with Crippen molar-refractivity contribution in [3.8, 4) is 11.5 Å². The fourth-order valence-corrected chi connectivity index (χ4v) is 2.60. The fourth-order valence-electron chi connectivity index (χ4n) is 2.27. The molecule has 114 valence electrons. The highest BCUT2D eigenvalue weighted by molar-refractivity contribution is 6.33. The van der Waals surface area contributed by atoms with Gasteiger partial charge in [0.05, 0.1) is 5.56 Å². The van der Waals surface area contributed by atoms with Crippen molar-refractivity contribution in [2.24, 2.45) is 0 Å². The third-order valence-corrected chi connectivity index (χ3v) is 3.60. The Morgan fingerprint density at radius 3 is 2.91 bits per heavy atom. The molecule has 0 unspecified atom stereocenters. The third-order valence-electron chi connectivity index (χ3n) is 3.31. The maximum Gasteiger partial charge on any atom is 0.253 e. The Morgan fingerprint density at radius 1 is 1.36 bits per heavy atom. The van der Waals surface area contributed by atoms with E-state index in [1.54, 1.807) is 13.0 Å². The number of halogens is 1. The molecule has 1 aromatic heterocycles. The van der Waals surface area contributed by atoms with Crippen LogP contribution in [-0.4, -0.2) is 12.7 Å². The average Bonchev–Trinajstić information content (AvgIpc) is 2.91. The minimum atomic E-state index is -0.333. The van der Waals surface area contributed by atoms with Crippen molar-refractivity contribution in [2.75, 3.05) is 6.79 Å². The van der Waals surface area contributed by atoms with E-state index in [0.29, 0.717) is 33.9 Å². The van der Waals surface area contributed by atoms with Crippen LogP contribution in [-0.2, 0) is 6.54 Å². The van der Waals surface area contributed by atoms with Crippen LogP contribution in [0.15, 0.2) is 30.6 Å². The molecule has 0 fully saturated rings. The number of benzene rings is 1. The van der Waals surface area contributed by atoms with Gasteiger partial charge in [-0.25, -0.2) is 0 Å². The molecule has 6 nitrogen and oxygen atoms in total. The van der Waals surface area contributed by atoms with Crippen LogP contribution in [0.5, 0.6) is 11.5 Å². The molecule has 1 aromatic carbocycles. The third kappa shape index (κ3) is 2.78. The summed E-state index contributed by atoms with van der Waals surface area (Å²) in [5.74, 6) is 1.02. The second-order valence-corrected chi connectivity index (χ2v) is 5.30. The first-order valence-corrected chi connectivity index (χ1v) is 6.98. The zero-order chi connectivity index (χ0) is 15.7. The van der Waals surface area contributed by atoms with Crippen LogP contribution < -0.4 is 19.5 Å². The second-order valence-electron chi connectivity index (χ2n) is 4.89. The van der Waals surface area contributed by atoms with Crippen LogP contribution in [0.1, 0.15) is 21.5 Å². The van der Waals surface area contributed by atoms with Crippen molar-refractivity contribution >= 4 is 17.5 Å². The summed E-state index contributed by atoms with van der Waals surface area (Å²) in [5, 5.41) is 14.1. The van der Waals surface area contributed by atoms with Gasteiger partial charge in [0.15, 0.2) is 23.9 Å². The van der Waals surface area contributed by atoms with Crippen LogP contribution in [0.4, 0.5) is 0 Å². The molecule has 0 aliphatic carbocycles. The Bertz CT molecular complexity index is 725. The molecule has 1 aliphatic heterocycles. The van der Waals surface area contributed by atoms with E-state index in [4.69, 9.17) is 21.1 Å². The van der Waals surface area contributed by atoms with Gasteiger partial charge in [-0.2, -0.15) is 4.73 Å². The molecule has 2 aromatic rings. The number of carbonyl (C=O) groups is 1. The molecule has 22 heavy (non-hydrogen) atoms. The highest BCUT2D eigenvalue weighted by Crippen LogP contribution is 2.32. The number of nitrogens with zero attached hydrogens (tertiary/aromatic N) is 1. The first-order chi connectivity index (χ1) is 10.5. The van der Waals surface area contributed by atoms with Crippen molar-refractivity contribution in [3.05, 3.63) is 57.5 Å². The molecular formula is C15H13ClN2O4. The minimum absolute atomic E-state index is 0.123. The van der Waals surface area contributed by atoms with Gasteiger partial charge < -0.3 is 20.0 Å². The number of rotatable bonds is 3. The van der Waals surface area contributed by atoms with Gasteiger partial charge in [-0.3, -0.25) is 4.79 Å². The molecular weight excluding hydrogens is 308 g/mol. The second kappa shape index (κ2) is 5.73. The number of ether oxygens (including phenoxy) is 2. The standard InChI is InChI=1S/C15H13ClN2O4/c1-9-6-18(20)7-11(16)14(9)15(19)17-5-10-2-3-12-13(4-10)22-8-21-12/h2-4,6-7H,5,8H2,1H3,(H,17,19). The lowest BCUT2D eigenvalue weighted by molar-refractivity contribution is -0.605. The summed E-state index contributed by atoms with van der Waals surface area (Å²) in [6.45, 7) is 2.19. The Labute approximate surface area is 131 Å². The summed E-state index contributed by atoms with van der Waals surface area (Å²) in [6.07, 6.45) is 2.46. The summed E-state index contributed by atoms with van der Waals surface area (Å²) in [7, 11) is 0. The Hall–Kier alpha value is -2.47. The molecule has 1 amide bonds. The van der Waals surface area contributed by atoms with Gasteiger partial charge in [-0.15, -0.1) is 0 Å². The molecule has 1 N–H and O–H groups in total. The van der Waals surface area contributed by atoms with Crippen LogP contribution >= 0.6 is 11.6 Å². The molecule has 1 aliphatic rings. The average molecular weight is 321 g/mol. The van der Waals surface area contributed by atoms with Crippen molar-refractivity contribution in [1.29, 1.82) is 0 Å². The molecule has 7 heteroatoms. The fraction of sp³-hybridized carbons (Fsp3) is 0.200. The summed E-state index contributed by atoms with van der Waals surface area (Å²) in [4.78, 5) is 12.2. The number of carbonyl (C=O) groups excluding carboxylic acids is 1. The number of aromatic nitrogens is 1. The van der Waals surface area contributed by atoms with E-state index in [1.165, 1.54) is 6.20 Å². The lowest BCUT2D eigenvalue weighted by atomic mass is 10.1. The lowest BCUT2D eigenvalue weighted by Crippen LogP contribution is -2.30. The Kier molecular flexibility index (Phi) is 3.77. The first-order valence-electron chi connectivity index (χ1n) is 6.60. The molecule has 0 saturated heterocycles. The molecule has 0 spiro atoms. The van der Waals surface area contributed by atoms with Gasteiger partial charge >= 0.3 is 0 Å². The van der Waals surface area contributed by atoms with Gasteiger partial charge in [-0.05, 0) is 24.6 Å². The van der Waals surface area contributed by atoms with E-state index < -0.39 is 0 Å². The van der Waals surface area contributed by atoms with Crippen LogP contribution in [0.3, 0.4) is 0 Å². The molecule has 3 rings (SSSR count). The molecule has 0 radical (unpaired) electrons. The number of fused-ring (bicyclic) bond motifs is 1. The maximum absolute atomic E-state index is 12.2. The van der Waals surface area contributed by atoms with E-state index in [1.807, 2.05) is 12.1 Å².